The number of para-hydroxylation sites is 2. The number of carbonyl (C=O) groups is 1. The third-order valence-electron chi connectivity index (χ3n) is 2.97. The molecule has 1 heterocycles. The lowest BCUT2D eigenvalue weighted by atomic mass is 10.2. The Kier molecular flexibility index (Phi) is 5.58. The molecule has 1 aromatic heterocycles. The molecule has 2 aromatic rings. The molecule has 0 saturated heterocycles. The first-order valence-electron chi connectivity index (χ1n) is 6.90. The smallest absolute Gasteiger partial charge is 0.292 e. The highest BCUT2D eigenvalue weighted by Crippen LogP contribution is 2.23. The van der Waals surface area contributed by atoms with Gasteiger partial charge in [-0.1, -0.05) is 18.2 Å². The second-order valence-electron chi connectivity index (χ2n) is 4.60. The molecule has 1 aromatic carbocycles. The number of nitrogens with zero attached hydrogens (tertiary/aromatic N) is 3. The van der Waals surface area contributed by atoms with Crippen molar-refractivity contribution in [2.24, 2.45) is 0 Å². The van der Waals surface area contributed by atoms with Gasteiger partial charge in [0.15, 0.2) is 0 Å². The highest BCUT2D eigenvalue weighted by atomic mass is 16.6. The van der Waals surface area contributed by atoms with Crippen LogP contribution in [0.2, 0.25) is 0 Å². The summed E-state index contributed by atoms with van der Waals surface area (Å²) in [5.41, 5.74) is 0.317. The van der Waals surface area contributed by atoms with Crippen molar-refractivity contribution in [2.45, 2.75) is 6.54 Å². The summed E-state index contributed by atoms with van der Waals surface area (Å²) in [6.07, 6.45) is 2.88. The predicted molar refractivity (Wildman–Crippen MR) is 86.5 cm³/mol. The Morgan fingerprint density at radius 2 is 2.04 bits per heavy atom. The summed E-state index contributed by atoms with van der Waals surface area (Å²) < 4.78 is 0. The molecular formula is C16H13N5O3. The van der Waals surface area contributed by atoms with Crippen LogP contribution in [0.15, 0.2) is 60.4 Å². The molecule has 1 amide bonds. The van der Waals surface area contributed by atoms with E-state index in [1.165, 1.54) is 24.4 Å². The largest absolute Gasteiger partial charge is 0.384 e. The third-order valence-corrected chi connectivity index (χ3v) is 2.97. The third kappa shape index (κ3) is 4.38. The Morgan fingerprint density at radius 3 is 2.71 bits per heavy atom. The van der Waals surface area contributed by atoms with Crippen molar-refractivity contribution in [1.29, 1.82) is 5.26 Å². The highest BCUT2D eigenvalue weighted by Gasteiger charge is 2.16. The van der Waals surface area contributed by atoms with E-state index in [-0.39, 0.29) is 16.9 Å². The van der Waals surface area contributed by atoms with Crippen LogP contribution in [-0.2, 0) is 11.3 Å². The molecule has 120 valence electrons. The average molecular weight is 323 g/mol. The molecular weight excluding hydrogens is 310 g/mol. The number of benzene rings is 1. The fourth-order valence-corrected chi connectivity index (χ4v) is 1.84. The van der Waals surface area contributed by atoms with Crippen LogP contribution < -0.4 is 10.6 Å². The number of hydrogen-bond acceptors (Lipinski definition) is 6. The number of pyridine rings is 1. The van der Waals surface area contributed by atoms with Crippen LogP contribution in [0.3, 0.4) is 0 Å². The van der Waals surface area contributed by atoms with Gasteiger partial charge in [-0.2, -0.15) is 5.26 Å². The first-order chi connectivity index (χ1) is 11.6. The summed E-state index contributed by atoms with van der Waals surface area (Å²) in [7, 11) is 0. The molecule has 8 nitrogen and oxygen atoms in total. The van der Waals surface area contributed by atoms with Crippen molar-refractivity contribution in [2.75, 3.05) is 5.32 Å². The van der Waals surface area contributed by atoms with E-state index in [0.29, 0.717) is 6.54 Å². The SMILES string of the molecule is N#C/C(=C/NCc1ccccn1)C(=O)Nc1ccccc1[N+](=O)[O-]. The Balaban J connectivity index is 2.05. The van der Waals surface area contributed by atoms with E-state index < -0.39 is 10.8 Å². The molecule has 0 radical (unpaired) electrons. The van der Waals surface area contributed by atoms with Gasteiger partial charge in [-0.3, -0.25) is 19.9 Å². The van der Waals surface area contributed by atoms with E-state index in [1.807, 2.05) is 6.07 Å². The van der Waals surface area contributed by atoms with E-state index in [4.69, 9.17) is 5.26 Å². The Labute approximate surface area is 137 Å². The minimum atomic E-state index is -0.736. The van der Waals surface area contributed by atoms with Crippen LogP contribution in [0.25, 0.3) is 0 Å². The van der Waals surface area contributed by atoms with Crippen LogP contribution in [0, 0.1) is 21.4 Å². The minimum Gasteiger partial charge on any atom is -0.384 e. The predicted octanol–water partition coefficient (Wildman–Crippen LogP) is 2.13. The number of anilines is 1. The maximum absolute atomic E-state index is 12.1. The average Bonchev–Trinajstić information content (AvgIpc) is 2.60. The van der Waals surface area contributed by atoms with Crippen molar-refractivity contribution >= 4 is 17.3 Å². The fourth-order valence-electron chi connectivity index (χ4n) is 1.84. The number of nitro benzene ring substituents is 1. The summed E-state index contributed by atoms with van der Waals surface area (Å²) in [5, 5.41) is 25.2. The molecule has 0 aliphatic rings. The lowest BCUT2D eigenvalue weighted by molar-refractivity contribution is -0.383. The van der Waals surface area contributed by atoms with Gasteiger partial charge in [0.25, 0.3) is 11.6 Å². The van der Waals surface area contributed by atoms with Gasteiger partial charge in [0, 0.05) is 18.5 Å². The highest BCUT2D eigenvalue weighted by molar-refractivity contribution is 6.07. The number of rotatable bonds is 6. The zero-order valence-corrected chi connectivity index (χ0v) is 12.5. The van der Waals surface area contributed by atoms with Crippen LogP contribution in [0.4, 0.5) is 11.4 Å². The Hall–Kier alpha value is -3.73. The van der Waals surface area contributed by atoms with Gasteiger partial charge in [-0.15, -0.1) is 0 Å². The minimum absolute atomic E-state index is 0.0263. The number of amides is 1. The normalized spacial score (nSPS) is 10.5. The summed E-state index contributed by atoms with van der Waals surface area (Å²) in [4.78, 5) is 26.5. The van der Waals surface area contributed by atoms with Crippen molar-refractivity contribution in [3.63, 3.8) is 0 Å². The van der Waals surface area contributed by atoms with E-state index >= 15 is 0 Å². The van der Waals surface area contributed by atoms with E-state index in [0.717, 1.165) is 5.69 Å². The van der Waals surface area contributed by atoms with Gasteiger partial charge in [0.2, 0.25) is 0 Å². The lowest BCUT2D eigenvalue weighted by Gasteiger charge is -2.05. The maximum Gasteiger partial charge on any atom is 0.292 e. The van der Waals surface area contributed by atoms with Gasteiger partial charge < -0.3 is 10.6 Å². The van der Waals surface area contributed by atoms with E-state index in [9.17, 15) is 14.9 Å². The van der Waals surface area contributed by atoms with Crippen LogP contribution in [-0.4, -0.2) is 15.8 Å². The second-order valence-corrected chi connectivity index (χ2v) is 4.60. The van der Waals surface area contributed by atoms with Crippen LogP contribution >= 0.6 is 0 Å². The molecule has 0 aliphatic carbocycles. The van der Waals surface area contributed by atoms with Crippen molar-refractivity contribution in [1.82, 2.24) is 10.3 Å². The number of aromatic nitrogens is 1. The standard InChI is InChI=1S/C16H13N5O3/c17-9-12(10-18-11-13-5-3-4-8-19-13)16(22)20-14-6-1-2-7-15(14)21(23)24/h1-8,10,18H,11H2,(H,20,22)/b12-10-. The van der Waals surface area contributed by atoms with Crippen molar-refractivity contribution < 1.29 is 9.72 Å². The monoisotopic (exact) mass is 323 g/mol. The molecule has 0 saturated carbocycles. The molecule has 0 bridgehead atoms. The zero-order valence-electron chi connectivity index (χ0n) is 12.5. The zero-order chi connectivity index (χ0) is 17.4. The lowest BCUT2D eigenvalue weighted by Crippen LogP contribution is -2.17. The molecule has 0 unspecified atom stereocenters. The number of nitrogens with one attached hydrogen (secondary N) is 2. The Bertz CT molecular complexity index is 812. The fraction of sp³-hybridized carbons (Fsp3) is 0.0625. The van der Waals surface area contributed by atoms with E-state index in [2.05, 4.69) is 15.6 Å². The van der Waals surface area contributed by atoms with Crippen LogP contribution in [0.5, 0.6) is 0 Å². The summed E-state index contributed by atoms with van der Waals surface area (Å²) >= 11 is 0. The summed E-state index contributed by atoms with van der Waals surface area (Å²) in [5.74, 6) is -0.736. The van der Waals surface area contributed by atoms with Gasteiger partial charge in [-0.25, -0.2) is 0 Å². The van der Waals surface area contributed by atoms with Gasteiger partial charge in [-0.05, 0) is 18.2 Å². The molecule has 0 aliphatic heterocycles. The molecule has 2 N–H and O–H groups in total. The van der Waals surface area contributed by atoms with Gasteiger partial charge in [0.05, 0.1) is 17.2 Å². The van der Waals surface area contributed by atoms with Gasteiger partial charge in [0.1, 0.15) is 17.3 Å². The molecule has 2 rings (SSSR count). The van der Waals surface area contributed by atoms with Crippen molar-refractivity contribution in [3.05, 3.63) is 76.2 Å². The molecule has 0 fully saturated rings. The van der Waals surface area contributed by atoms with Crippen molar-refractivity contribution in [3.8, 4) is 6.07 Å². The topological polar surface area (TPSA) is 121 Å². The summed E-state index contributed by atoms with van der Waals surface area (Å²) in [6.45, 7) is 0.338. The first-order valence-corrected chi connectivity index (χ1v) is 6.90. The summed E-state index contributed by atoms with van der Waals surface area (Å²) in [6, 6.07) is 12.8. The Morgan fingerprint density at radius 1 is 1.29 bits per heavy atom. The maximum atomic E-state index is 12.1. The number of nitro groups is 1. The molecule has 0 atom stereocenters. The quantitative estimate of drug-likeness (QED) is 0.363. The van der Waals surface area contributed by atoms with Crippen LogP contribution in [0.1, 0.15) is 5.69 Å². The molecule has 8 heteroatoms. The first kappa shape index (κ1) is 16.6. The number of nitriles is 1. The molecule has 0 spiro atoms. The van der Waals surface area contributed by atoms with E-state index in [1.54, 1.807) is 30.5 Å². The molecule has 24 heavy (non-hydrogen) atoms. The van der Waals surface area contributed by atoms with Gasteiger partial charge >= 0.3 is 0 Å². The number of hydrogen-bond donors (Lipinski definition) is 2. The second kappa shape index (κ2) is 8.05. The number of carbonyl (C=O) groups excluding carboxylic acids is 1.